The van der Waals surface area contributed by atoms with Gasteiger partial charge in [0.25, 0.3) is 0 Å². The first-order valence-electron chi connectivity index (χ1n) is 11.8. The first kappa shape index (κ1) is 25.4. The fourth-order valence-electron chi connectivity index (χ4n) is 4.52. The molecule has 1 aromatic carbocycles. The van der Waals surface area contributed by atoms with E-state index < -0.39 is 0 Å². The molecule has 1 fully saturated rings. The number of thiazole rings is 1. The van der Waals surface area contributed by atoms with Crippen molar-refractivity contribution in [1.82, 2.24) is 20.5 Å². The highest BCUT2D eigenvalue weighted by Gasteiger charge is 2.38. The van der Waals surface area contributed by atoms with E-state index in [4.69, 9.17) is 0 Å². The Labute approximate surface area is 202 Å². The van der Waals surface area contributed by atoms with Crippen molar-refractivity contribution in [2.45, 2.75) is 73.0 Å². The molecule has 2 aromatic rings. The van der Waals surface area contributed by atoms with Gasteiger partial charge < -0.3 is 10.6 Å². The van der Waals surface area contributed by atoms with Gasteiger partial charge in [0.1, 0.15) is 0 Å². The lowest BCUT2D eigenvalue weighted by atomic mass is 9.86. The van der Waals surface area contributed by atoms with Crippen LogP contribution in [-0.2, 0) is 9.59 Å². The van der Waals surface area contributed by atoms with Gasteiger partial charge in [0.15, 0.2) is 0 Å². The van der Waals surface area contributed by atoms with Crippen molar-refractivity contribution in [3.63, 3.8) is 0 Å². The summed E-state index contributed by atoms with van der Waals surface area (Å²) in [4.78, 5) is 32.8. The van der Waals surface area contributed by atoms with Gasteiger partial charge in [0.05, 0.1) is 28.2 Å². The standard InChI is InChI=1S/C26H38N4O2S/c1-16-12-22(30(13-16)14-23(26(5,6)7)29-19(4)31)25(32)28-17(2)20-8-10-21(11-9-20)24-18(3)27-15-33-24/h8-11,15-17,22-23H,12-14H2,1-7H3,(H,28,32)(H,29,31)/t16-,17+,22+,23-/m1/s1. The van der Waals surface area contributed by atoms with Crippen LogP contribution >= 0.6 is 11.3 Å². The second-order valence-corrected chi connectivity index (χ2v) is 11.4. The van der Waals surface area contributed by atoms with E-state index in [1.807, 2.05) is 19.4 Å². The lowest BCUT2D eigenvalue weighted by molar-refractivity contribution is -0.126. The van der Waals surface area contributed by atoms with E-state index in [9.17, 15) is 9.59 Å². The van der Waals surface area contributed by atoms with Crippen LogP contribution in [0.2, 0.25) is 0 Å². The predicted octanol–water partition coefficient (Wildman–Crippen LogP) is 4.56. The SMILES string of the molecule is CC(=O)N[C@H](CN1C[C@H](C)C[C@H]1C(=O)N[C@@H](C)c1ccc(-c2scnc2C)cc1)C(C)(C)C. The topological polar surface area (TPSA) is 74.3 Å². The van der Waals surface area contributed by atoms with Crippen molar-refractivity contribution in [3.8, 4) is 10.4 Å². The summed E-state index contributed by atoms with van der Waals surface area (Å²) < 4.78 is 0. The summed E-state index contributed by atoms with van der Waals surface area (Å²) in [5.74, 6) is 0.467. The smallest absolute Gasteiger partial charge is 0.237 e. The van der Waals surface area contributed by atoms with Crippen LogP contribution in [0.25, 0.3) is 10.4 Å². The molecule has 1 aliphatic heterocycles. The van der Waals surface area contributed by atoms with Gasteiger partial charge in [-0.15, -0.1) is 11.3 Å². The fraction of sp³-hybridized carbons (Fsp3) is 0.577. The number of nitrogens with one attached hydrogen (secondary N) is 2. The third kappa shape index (κ3) is 6.42. The van der Waals surface area contributed by atoms with E-state index in [1.165, 1.54) is 4.88 Å². The maximum absolute atomic E-state index is 13.3. The molecule has 3 rings (SSSR count). The molecule has 7 heteroatoms. The van der Waals surface area contributed by atoms with Crippen molar-refractivity contribution in [2.24, 2.45) is 11.3 Å². The molecule has 2 amide bonds. The van der Waals surface area contributed by atoms with Crippen LogP contribution in [0.15, 0.2) is 29.8 Å². The Kier molecular flexibility index (Phi) is 7.96. The molecule has 0 radical (unpaired) electrons. The number of rotatable bonds is 7. The second kappa shape index (κ2) is 10.3. The Bertz CT molecular complexity index is 963. The predicted molar refractivity (Wildman–Crippen MR) is 135 cm³/mol. The van der Waals surface area contributed by atoms with E-state index in [-0.39, 0.29) is 35.4 Å². The molecule has 2 heterocycles. The molecule has 0 spiro atoms. The van der Waals surface area contributed by atoms with Crippen molar-refractivity contribution in [3.05, 3.63) is 41.0 Å². The summed E-state index contributed by atoms with van der Waals surface area (Å²) in [6, 6.07) is 8.09. The molecule has 0 aliphatic carbocycles. The van der Waals surface area contributed by atoms with Gasteiger partial charge in [-0.25, -0.2) is 4.98 Å². The van der Waals surface area contributed by atoms with Crippen LogP contribution in [0.3, 0.4) is 0 Å². The zero-order chi connectivity index (χ0) is 24.3. The summed E-state index contributed by atoms with van der Waals surface area (Å²) in [6.45, 7) is 15.7. The molecular weight excluding hydrogens is 432 g/mol. The highest BCUT2D eigenvalue weighted by atomic mass is 32.1. The Morgan fingerprint density at radius 2 is 1.88 bits per heavy atom. The zero-order valence-electron chi connectivity index (χ0n) is 20.9. The van der Waals surface area contributed by atoms with Gasteiger partial charge in [0.2, 0.25) is 11.8 Å². The number of hydrogen-bond acceptors (Lipinski definition) is 5. The maximum atomic E-state index is 13.3. The molecule has 6 nitrogen and oxygen atoms in total. The molecular formula is C26H38N4O2S. The monoisotopic (exact) mass is 470 g/mol. The third-order valence-corrected chi connectivity index (χ3v) is 7.51. The highest BCUT2D eigenvalue weighted by Crippen LogP contribution is 2.30. The molecule has 1 saturated heterocycles. The Morgan fingerprint density at radius 1 is 1.21 bits per heavy atom. The molecule has 0 bridgehead atoms. The van der Waals surface area contributed by atoms with Gasteiger partial charge in [-0.2, -0.15) is 0 Å². The van der Waals surface area contributed by atoms with Crippen LogP contribution < -0.4 is 10.6 Å². The number of aromatic nitrogens is 1. The average molecular weight is 471 g/mol. The molecule has 1 aromatic heterocycles. The lowest BCUT2D eigenvalue weighted by Crippen LogP contribution is -2.53. The van der Waals surface area contributed by atoms with Crippen LogP contribution in [0.5, 0.6) is 0 Å². The van der Waals surface area contributed by atoms with E-state index in [0.717, 1.165) is 29.8 Å². The van der Waals surface area contributed by atoms with Gasteiger partial charge in [-0.05, 0) is 42.7 Å². The van der Waals surface area contributed by atoms with Gasteiger partial charge >= 0.3 is 0 Å². The first-order chi connectivity index (χ1) is 15.5. The minimum atomic E-state index is -0.180. The number of nitrogens with zero attached hydrogens (tertiary/aromatic N) is 2. The van der Waals surface area contributed by atoms with Crippen LogP contribution in [0.1, 0.15) is 65.3 Å². The summed E-state index contributed by atoms with van der Waals surface area (Å²) in [6.07, 6.45) is 0.832. The molecule has 0 saturated carbocycles. The van der Waals surface area contributed by atoms with Gasteiger partial charge in [0, 0.05) is 26.1 Å². The Morgan fingerprint density at radius 3 is 2.42 bits per heavy atom. The largest absolute Gasteiger partial charge is 0.352 e. The van der Waals surface area contributed by atoms with Crippen molar-refractivity contribution < 1.29 is 9.59 Å². The second-order valence-electron chi connectivity index (χ2n) is 10.5. The number of carbonyl (C=O) groups is 2. The molecule has 0 unspecified atom stereocenters. The van der Waals surface area contributed by atoms with Crippen molar-refractivity contribution in [1.29, 1.82) is 0 Å². The zero-order valence-corrected chi connectivity index (χ0v) is 21.8. The minimum absolute atomic E-state index is 0.0178. The van der Waals surface area contributed by atoms with Crippen LogP contribution in [-0.4, -0.2) is 46.9 Å². The number of carbonyl (C=O) groups excluding carboxylic acids is 2. The summed E-state index contributed by atoms with van der Waals surface area (Å²) in [7, 11) is 0. The number of aryl methyl sites for hydroxylation is 1. The van der Waals surface area contributed by atoms with Gasteiger partial charge in [-0.3, -0.25) is 14.5 Å². The Hall–Kier alpha value is -2.25. The normalized spacial score (nSPS) is 20.9. The highest BCUT2D eigenvalue weighted by molar-refractivity contribution is 7.13. The number of benzene rings is 1. The summed E-state index contributed by atoms with van der Waals surface area (Å²) in [5.41, 5.74) is 5.05. The fourth-order valence-corrected chi connectivity index (χ4v) is 5.33. The Balaban J connectivity index is 1.67. The number of amides is 2. The summed E-state index contributed by atoms with van der Waals surface area (Å²) >= 11 is 1.64. The van der Waals surface area contributed by atoms with Crippen molar-refractivity contribution >= 4 is 23.2 Å². The van der Waals surface area contributed by atoms with E-state index in [2.05, 4.69) is 72.5 Å². The molecule has 33 heavy (non-hydrogen) atoms. The summed E-state index contributed by atoms with van der Waals surface area (Å²) in [5, 5.41) is 6.32. The maximum Gasteiger partial charge on any atom is 0.237 e. The van der Waals surface area contributed by atoms with Gasteiger partial charge in [-0.1, -0.05) is 52.0 Å². The first-order valence-corrected chi connectivity index (χ1v) is 12.7. The average Bonchev–Trinajstić information content (AvgIpc) is 3.31. The lowest BCUT2D eigenvalue weighted by Gasteiger charge is -2.36. The minimum Gasteiger partial charge on any atom is -0.352 e. The molecule has 4 atom stereocenters. The van der Waals surface area contributed by atoms with E-state index in [0.29, 0.717) is 12.5 Å². The molecule has 2 N–H and O–H groups in total. The third-order valence-electron chi connectivity index (χ3n) is 6.53. The molecule has 1 aliphatic rings. The van der Waals surface area contributed by atoms with Crippen LogP contribution in [0, 0.1) is 18.3 Å². The van der Waals surface area contributed by atoms with Crippen LogP contribution in [0.4, 0.5) is 0 Å². The van der Waals surface area contributed by atoms with Crippen molar-refractivity contribution in [2.75, 3.05) is 13.1 Å². The number of likely N-dealkylation sites (tertiary alicyclic amines) is 1. The quantitative estimate of drug-likeness (QED) is 0.622. The van der Waals surface area contributed by atoms with E-state index in [1.54, 1.807) is 18.3 Å². The van der Waals surface area contributed by atoms with E-state index >= 15 is 0 Å². The number of hydrogen-bond donors (Lipinski definition) is 2. The molecule has 180 valence electrons.